The molecule has 1 aromatic carbocycles. The molecular weight excluding hydrogens is 572 g/mol. The van der Waals surface area contributed by atoms with E-state index < -0.39 is 62.3 Å². The van der Waals surface area contributed by atoms with E-state index in [1.54, 1.807) is 13.8 Å². The van der Waals surface area contributed by atoms with Crippen LogP contribution in [-0.4, -0.2) is 68.4 Å². The van der Waals surface area contributed by atoms with Crippen molar-refractivity contribution >= 4 is 56.0 Å². The maximum absolute atomic E-state index is 13.2. The highest BCUT2D eigenvalue weighted by Gasteiger charge is 2.55. The Hall–Kier alpha value is -4.16. The molecule has 40 heavy (non-hydrogen) atoms. The summed E-state index contributed by atoms with van der Waals surface area (Å²) in [5.74, 6) is -3.40. The van der Waals surface area contributed by atoms with Crippen LogP contribution >= 0.6 is 11.3 Å². The molecule has 0 saturated carbocycles. The molecule has 0 unspecified atom stereocenters. The zero-order valence-electron chi connectivity index (χ0n) is 21.6. The Morgan fingerprint density at radius 1 is 1.32 bits per heavy atom. The van der Waals surface area contributed by atoms with Gasteiger partial charge in [0.1, 0.15) is 18.3 Å². The van der Waals surface area contributed by atoms with Crippen LogP contribution in [0.25, 0.3) is 0 Å². The van der Waals surface area contributed by atoms with Gasteiger partial charge in [0, 0.05) is 17.5 Å². The second-order valence-corrected chi connectivity index (χ2v) is 11.6. The van der Waals surface area contributed by atoms with E-state index >= 15 is 0 Å². The summed E-state index contributed by atoms with van der Waals surface area (Å²) < 4.78 is 38.1. The van der Waals surface area contributed by atoms with Crippen molar-refractivity contribution in [2.75, 3.05) is 5.73 Å². The molecule has 0 aliphatic carbocycles. The first-order valence-electron chi connectivity index (χ1n) is 11.5. The number of esters is 1. The number of amides is 2. The Morgan fingerprint density at radius 3 is 2.45 bits per heavy atom. The standard InChI is InChI=1S/C22H26N6O10S2/c1-11(2)17-16(19(30)27(17)40(34,35)36)25-18(29)15(14-10-39-21(23)24-14)26-38-22(3,4)20(31)37-9-12-5-7-13(8-6-12)28(32)33/h5-8,10-11,16-17H,9H2,1-4H3,(H2,23,24)(H,25,29)(H,34,35,36)/t16-,17+/m0/s1. The molecule has 1 saturated heterocycles. The minimum atomic E-state index is -4.85. The fourth-order valence-electron chi connectivity index (χ4n) is 3.60. The summed E-state index contributed by atoms with van der Waals surface area (Å²) in [4.78, 5) is 57.8. The van der Waals surface area contributed by atoms with Crippen LogP contribution in [0.2, 0.25) is 0 Å². The average molecular weight is 599 g/mol. The number of anilines is 1. The predicted octanol–water partition coefficient (Wildman–Crippen LogP) is 1.03. The molecule has 3 rings (SSSR count). The molecule has 216 valence electrons. The highest BCUT2D eigenvalue weighted by atomic mass is 32.2. The Morgan fingerprint density at radius 2 is 1.95 bits per heavy atom. The van der Waals surface area contributed by atoms with Gasteiger partial charge in [0.25, 0.3) is 17.5 Å². The number of ether oxygens (including phenoxy) is 1. The minimum Gasteiger partial charge on any atom is -0.458 e. The van der Waals surface area contributed by atoms with E-state index in [-0.39, 0.29) is 27.4 Å². The second kappa shape index (κ2) is 11.5. The SMILES string of the molecule is CC(C)[C@@H]1[C@H](NC(=O)C(=NOC(C)(C)C(=O)OCc2ccc([N+](=O)[O-])cc2)c2csc(N)n2)C(=O)N1S(=O)(=O)O. The van der Waals surface area contributed by atoms with Crippen LogP contribution in [-0.2, 0) is 40.9 Å². The lowest BCUT2D eigenvalue weighted by Crippen LogP contribution is -2.73. The molecule has 18 heteroatoms. The lowest BCUT2D eigenvalue weighted by molar-refractivity contribution is -0.384. The lowest BCUT2D eigenvalue weighted by atomic mass is 9.88. The summed E-state index contributed by atoms with van der Waals surface area (Å²) in [6.45, 7) is 5.59. The summed E-state index contributed by atoms with van der Waals surface area (Å²) in [7, 11) is -4.85. The average Bonchev–Trinajstić information content (AvgIpc) is 3.28. The van der Waals surface area contributed by atoms with E-state index in [1.807, 2.05) is 0 Å². The molecule has 1 fully saturated rings. The zero-order valence-corrected chi connectivity index (χ0v) is 23.3. The Kier molecular flexibility index (Phi) is 8.75. The van der Waals surface area contributed by atoms with E-state index in [9.17, 15) is 37.5 Å². The number of carbonyl (C=O) groups is 3. The largest absolute Gasteiger partial charge is 0.458 e. The first kappa shape index (κ1) is 30.4. The molecule has 2 heterocycles. The Bertz CT molecular complexity index is 1450. The highest BCUT2D eigenvalue weighted by molar-refractivity contribution is 7.84. The lowest BCUT2D eigenvalue weighted by Gasteiger charge is -2.46. The molecule has 4 N–H and O–H groups in total. The molecule has 1 aromatic heterocycles. The Labute approximate surface area is 232 Å². The third-order valence-corrected chi connectivity index (χ3v) is 7.26. The summed E-state index contributed by atoms with van der Waals surface area (Å²) in [6, 6.07) is 2.97. The number of hydrogen-bond donors (Lipinski definition) is 3. The summed E-state index contributed by atoms with van der Waals surface area (Å²) >= 11 is 0.976. The number of nitrogens with one attached hydrogen (secondary N) is 1. The van der Waals surface area contributed by atoms with Gasteiger partial charge in [-0.1, -0.05) is 19.0 Å². The third-order valence-electron chi connectivity index (χ3n) is 5.67. The summed E-state index contributed by atoms with van der Waals surface area (Å²) in [6.07, 6.45) is 0. The number of oxime groups is 1. The van der Waals surface area contributed by atoms with Crippen molar-refractivity contribution in [1.82, 2.24) is 14.6 Å². The van der Waals surface area contributed by atoms with Crippen molar-refractivity contribution in [3.63, 3.8) is 0 Å². The second-order valence-electron chi connectivity index (χ2n) is 9.41. The van der Waals surface area contributed by atoms with Crippen molar-refractivity contribution in [3.8, 4) is 0 Å². The molecule has 0 spiro atoms. The number of non-ortho nitro benzene ring substituents is 1. The number of rotatable bonds is 11. The smallest absolute Gasteiger partial charge is 0.362 e. The third kappa shape index (κ3) is 6.69. The van der Waals surface area contributed by atoms with Crippen LogP contribution in [0.3, 0.4) is 0 Å². The van der Waals surface area contributed by atoms with Crippen molar-refractivity contribution in [3.05, 3.63) is 51.0 Å². The van der Waals surface area contributed by atoms with Gasteiger partial charge < -0.3 is 20.6 Å². The van der Waals surface area contributed by atoms with Crippen LogP contribution in [0.4, 0.5) is 10.8 Å². The molecule has 2 aromatic rings. The fraction of sp³-hybridized carbons (Fsp3) is 0.409. The van der Waals surface area contributed by atoms with Crippen LogP contribution in [0.15, 0.2) is 34.8 Å². The summed E-state index contributed by atoms with van der Waals surface area (Å²) in [5.41, 5.74) is 3.76. The van der Waals surface area contributed by atoms with Crippen LogP contribution < -0.4 is 11.1 Å². The predicted molar refractivity (Wildman–Crippen MR) is 140 cm³/mol. The van der Waals surface area contributed by atoms with Crippen LogP contribution in [0.5, 0.6) is 0 Å². The van der Waals surface area contributed by atoms with E-state index in [1.165, 1.54) is 43.5 Å². The van der Waals surface area contributed by atoms with E-state index in [0.29, 0.717) is 5.56 Å². The number of nitro groups is 1. The zero-order chi connectivity index (χ0) is 30.0. The van der Waals surface area contributed by atoms with E-state index in [4.69, 9.17) is 15.3 Å². The fourth-order valence-corrected chi connectivity index (χ4v) is 5.16. The minimum absolute atomic E-state index is 0.0467. The molecular formula is C22H26N6O10S2. The van der Waals surface area contributed by atoms with Gasteiger partial charge in [-0.2, -0.15) is 8.42 Å². The van der Waals surface area contributed by atoms with Gasteiger partial charge >= 0.3 is 16.3 Å². The molecule has 1 aliphatic rings. The van der Waals surface area contributed by atoms with Gasteiger partial charge in [-0.3, -0.25) is 24.3 Å². The van der Waals surface area contributed by atoms with Gasteiger partial charge in [-0.25, -0.2) is 14.1 Å². The number of nitrogens with zero attached hydrogens (tertiary/aromatic N) is 4. The van der Waals surface area contributed by atoms with Crippen molar-refractivity contribution < 1.29 is 41.9 Å². The van der Waals surface area contributed by atoms with Crippen LogP contribution in [0.1, 0.15) is 39.0 Å². The number of benzene rings is 1. The number of hydrogen-bond acceptors (Lipinski definition) is 13. The number of β-lactam (4-membered cyclic amide) rings is 1. The maximum Gasteiger partial charge on any atom is 0.362 e. The van der Waals surface area contributed by atoms with Gasteiger partial charge in [-0.05, 0) is 37.5 Å². The van der Waals surface area contributed by atoms with Crippen LogP contribution in [0, 0.1) is 16.0 Å². The quantitative estimate of drug-likeness (QED) is 0.0821. The summed E-state index contributed by atoms with van der Waals surface area (Å²) in [5, 5.41) is 18.4. The molecule has 0 bridgehead atoms. The molecule has 16 nitrogen and oxygen atoms in total. The van der Waals surface area contributed by atoms with E-state index in [2.05, 4.69) is 15.5 Å². The normalized spacial score (nSPS) is 17.8. The van der Waals surface area contributed by atoms with Crippen molar-refractivity contribution in [2.45, 2.75) is 52.0 Å². The topological polar surface area (TPSA) is 234 Å². The number of thiazole rings is 1. The first-order chi connectivity index (χ1) is 18.5. The van der Waals surface area contributed by atoms with Gasteiger partial charge in [0.15, 0.2) is 10.8 Å². The van der Waals surface area contributed by atoms with Gasteiger partial charge in [0.2, 0.25) is 5.60 Å². The molecule has 2 amide bonds. The maximum atomic E-state index is 13.2. The Balaban J connectivity index is 1.76. The van der Waals surface area contributed by atoms with Crippen molar-refractivity contribution in [1.29, 1.82) is 0 Å². The number of aromatic nitrogens is 1. The number of carbonyl (C=O) groups excluding carboxylic acids is 3. The number of nitrogen functional groups attached to an aromatic ring is 1. The van der Waals surface area contributed by atoms with Crippen molar-refractivity contribution in [2.24, 2.45) is 11.1 Å². The highest BCUT2D eigenvalue weighted by Crippen LogP contribution is 2.29. The number of nitro benzene ring substituents is 1. The van der Waals surface area contributed by atoms with Gasteiger partial charge in [-0.15, -0.1) is 11.3 Å². The molecule has 0 radical (unpaired) electrons. The number of nitrogens with two attached hydrogens (primary N) is 1. The van der Waals surface area contributed by atoms with E-state index in [0.717, 1.165) is 11.3 Å². The monoisotopic (exact) mass is 598 g/mol. The molecule has 2 atom stereocenters. The molecule has 1 aliphatic heterocycles. The van der Waals surface area contributed by atoms with Gasteiger partial charge in [0.05, 0.1) is 11.0 Å². The first-order valence-corrected chi connectivity index (χ1v) is 13.8.